The van der Waals surface area contributed by atoms with Gasteiger partial charge in [0.25, 0.3) is 5.03 Å². The summed E-state index contributed by atoms with van der Waals surface area (Å²) in [6, 6.07) is 16.9. The number of thioether (sulfide) groups is 1. The van der Waals surface area contributed by atoms with Crippen LogP contribution in [0.15, 0.2) is 64.1 Å². The van der Waals surface area contributed by atoms with E-state index in [2.05, 4.69) is 10.6 Å². The quantitative estimate of drug-likeness (QED) is 0.542. The largest absolute Gasteiger partial charge is 0.538 e. The van der Waals surface area contributed by atoms with Crippen LogP contribution in [0.2, 0.25) is 0 Å². The van der Waals surface area contributed by atoms with Gasteiger partial charge in [-0.1, -0.05) is 42.1 Å². The third-order valence-electron chi connectivity index (χ3n) is 3.44. The molecule has 25 heavy (non-hydrogen) atoms. The second kappa shape index (κ2) is 7.85. The van der Waals surface area contributed by atoms with Gasteiger partial charge in [0.05, 0.1) is 5.27 Å². The Hall–Kier alpha value is -2.80. The molecule has 2 aromatic carbocycles. The molecule has 1 heterocycles. The van der Waals surface area contributed by atoms with Crippen LogP contribution in [0.3, 0.4) is 0 Å². The van der Waals surface area contributed by atoms with Crippen LogP contribution >= 0.6 is 11.8 Å². The maximum absolute atomic E-state index is 12.0. The van der Waals surface area contributed by atoms with E-state index < -0.39 is 5.95 Å². The zero-order chi connectivity index (χ0) is 17.6. The Morgan fingerprint density at radius 2 is 2.04 bits per heavy atom. The van der Waals surface area contributed by atoms with Crippen molar-refractivity contribution in [1.29, 1.82) is 0 Å². The van der Waals surface area contributed by atoms with Crippen molar-refractivity contribution in [2.75, 3.05) is 11.1 Å². The molecule has 0 bridgehead atoms. The number of nitrogens with one attached hydrogen (secondary N) is 1. The van der Waals surface area contributed by atoms with Crippen LogP contribution in [0.4, 0.5) is 5.69 Å². The van der Waals surface area contributed by atoms with E-state index in [4.69, 9.17) is 4.52 Å². The predicted octanol–water partition coefficient (Wildman–Crippen LogP) is 2.45. The number of para-hydroxylation sites is 1. The summed E-state index contributed by atoms with van der Waals surface area (Å²) < 4.78 is 6.20. The lowest BCUT2D eigenvalue weighted by Crippen LogP contribution is -2.34. The molecule has 0 atom stereocenters. The Bertz CT molecular complexity index is 865. The first kappa shape index (κ1) is 17.0. The maximum Gasteiger partial charge on any atom is 0.297 e. The summed E-state index contributed by atoms with van der Waals surface area (Å²) in [5.74, 6) is -0.165. The van der Waals surface area contributed by atoms with Gasteiger partial charge in [-0.3, -0.25) is 4.79 Å². The number of anilines is 1. The zero-order valence-corrected chi connectivity index (χ0v) is 14.5. The number of aryl methyl sites for hydroxylation is 1. The predicted molar refractivity (Wildman–Crippen MR) is 92.6 cm³/mol. The van der Waals surface area contributed by atoms with E-state index in [1.807, 2.05) is 61.5 Å². The SMILES string of the molecule is Cc1cccc(NC(=O)CCSc2c([O-])on[n+]2-c2ccccc2)c1. The molecule has 0 aliphatic carbocycles. The van der Waals surface area contributed by atoms with Gasteiger partial charge in [0.1, 0.15) is 0 Å². The number of aromatic nitrogens is 2. The molecule has 0 aliphatic heterocycles. The highest BCUT2D eigenvalue weighted by Gasteiger charge is 2.20. The van der Waals surface area contributed by atoms with Gasteiger partial charge in [0, 0.05) is 30.0 Å². The zero-order valence-electron chi connectivity index (χ0n) is 13.6. The molecule has 0 fully saturated rings. The summed E-state index contributed by atoms with van der Waals surface area (Å²) in [5.41, 5.74) is 2.58. The third-order valence-corrected chi connectivity index (χ3v) is 4.46. The highest BCUT2D eigenvalue weighted by atomic mass is 32.2. The summed E-state index contributed by atoms with van der Waals surface area (Å²) in [6.07, 6.45) is 0.276. The van der Waals surface area contributed by atoms with Crippen molar-refractivity contribution in [2.45, 2.75) is 18.4 Å². The van der Waals surface area contributed by atoms with E-state index >= 15 is 0 Å². The number of amides is 1. The molecular formula is C18H17N3O3S. The lowest BCUT2D eigenvalue weighted by molar-refractivity contribution is -0.705. The first-order chi connectivity index (χ1) is 12.1. The Labute approximate surface area is 149 Å². The fourth-order valence-corrected chi connectivity index (χ4v) is 3.18. The summed E-state index contributed by atoms with van der Waals surface area (Å²) in [4.78, 5) is 12.0. The number of hydrogen-bond donors (Lipinski definition) is 1. The molecule has 0 radical (unpaired) electrons. The number of carbonyl (C=O) groups is 1. The average molecular weight is 355 g/mol. The number of nitrogens with zero attached hydrogens (tertiary/aromatic N) is 2. The second-order valence-electron chi connectivity index (χ2n) is 5.43. The molecule has 1 amide bonds. The number of carbonyl (C=O) groups excluding carboxylic acids is 1. The Balaban J connectivity index is 1.59. The van der Waals surface area contributed by atoms with Crippen LogP contribution < -0.4 is 15.1 Å². The number of rotatable bonds is 6. The van der Waals surface area contributed by atoms with E-state index in [1.54, 1.807) is 0 Å². The van der Waals surface area contributed by atoms with Gasteiger partial charge in [-0.05, 0) is 29.3 Å². The molecule has 1 N–H and O–H groups in total. The molecule has 1 aromatic heterocycles. The minimum atomic E-state index is -0.507. The molecule has 0 aliphatic rings. The van der Waals surface area contributed by atoms with Crippen LogP contribution in [-0.4, -0.2) is 16.9 Å². The van der Waals surface area contributed by atoms with Crippen molar-refractivity contribution in [3.05, 3.63) is 60.2 Å². The van der Waals surface area contributed by atoms with Gasteiger partial charge in [0.2, 0.25) is 11.6 Å². The smallest absolute Gasteiger partial charge is 0.297 e. The van der Waals surface area contributed by atoms with Gasteiger partial charge in [0.15, 0.2) is 5.95 Å². The first-order valence-corrected chi connectivity index (χ1v) is 8.76. The number of benzene rings is 2. The third kappa shape index (κ3) is 4.39. The van der Waals surface area contributed by atoms with Crippen LogP contribution in [0.5, 0.6) is 5.95 Å². The molecule has 128 valence electrons. The Kier molecular flexibility index (Phi) is 5.35. The lowest BCUT2D eigenvalue weighted by Gasteiger charge is -2.05. The monoisotopic (exact) mass is 355 g/mol. The molecule has 7 heteroatoms. The summed E-state index contributed by atoms with van der Waals surface area (Å²) in [5, 5.41) is 18.8. The summed E-state index contributed by atoms with van der Waals surface area (Å²) in [7, 11) is 0. The van der Waals surface area contributed by atoms with E-state index in [0.29, 0.717) is 10.8 Å². The Morgan fingerprint density at radius 1 is 1.24 bits per heavy atom. The van der Waals surface area contributed by atoms with Crippen LogP contribution in [0, 0.1) is 6.92 Å². The molecule has 0 spiro atoms. The fourth-order valence-electron chi connectivity index (χ4n) is 2.28. The van der Waals surface area contributed by atoms with Crippen molar-refractivity contribution in [2.24, 2.45) is 0 Å². The van der Waals surface area contributed by atoms with Gasteiger partial charge in [-0.15, -0.1) is 0 Å². The van der Waals surface area contributed by atoms with Gasteiger partial charge >= 0.3 is 0 Å². The molecule has 3 aromatic rings. The normalized spacial score (nSPS) is 10.6. The summed E-state index contributed by atoms with van der Waals surface area (Å²) >= 11 is 1.25. The Morgan fingerprint density at radius 3 is 2.80 bits per heavy atom. The fraction of sp³-hybridized carbons (Fsp3) is 0.167. The van der Waals surface area contributed by atoms with Crippen LogP contribution in [-0.2, 0) is 4.79 Å². The molecule has 6 nitrogen and oxygen atoms in total. The van der Waals surface area contributed by atoms with E-state index in [-0.39, 0.29) is 12.3 Å². The van der Waals surface area contributed by atoms with E-state index in [1.165, 1.54) is 16.4 Å². The van der Waals surface area contributed by atoms with Crippen molar-refractivity contribution >= 4 is 23.4 Å². The highest BCUT2D eigenvalue weighted by molar-refractivity contribution is 7.99. The first-order valence-electron chi connectivity index (χ1n) is 7.77. The maximum atomic E-state index is 12.0. The topological polar surface area (TPSA) is 82.1 Å². The van der Waals surface area contributed by atoms with Crippen molar-refractivity contribution in [3.63, 3.8) is 0 Å². The molecule has 0 saturated heterocycles. The molecular weight excluding hydrogens is 338 g/mol. The number of hydrogen-bond acceptors (Lipinski definition) is 5. The summed E-state index contributed by atoms with van der Waals surface area (Å²) in [6.45, 7) is 1.97. The van der Waals surface area contributed by atoms with E-state index in [0.717, 1.165) is 16.9 Å². The minimum Gasteiger partial charge on any atom is -0.538 e. The van der Waals surface area contributed by atoms with Gasteiger partial charge < -0.3 is 14.9 Å². The second-order valence-corrected chi connectivity index (χ2v) is 6.51. The molecule has 3 rings (SSSR count). The van der Waals surface area contributed by atoms with Crippen molar-refractivity contribution < 1.29 is 19.1 Å². The average Bonchev–Trinajstić information content (AvgIpc) is 2.97. The molecule has 0 saturated carbocycles. The highest BCUT2D eigenvalue weighted by Crippen LogP contribution is 2.24. The molecule has 0 unspecified atom stereocenters. The van der Waals surface area contributed by atoms with Crippen molar-refractivity contribution in [3.8, 4) is 11.6 Å². The lowest BCUT2D eigenvalue weighted by atomic mass is 10.2. The van der Waals surface area contributed by atoms with E-state index in [9.17, 15) is 9.90 Å². The van der Waals surface area contributed by atoms with Gasteiger partial charge in [-0.2, -0.15) is 0 Å². The van der Waals surface area contributed by atoms with Crippen molar-refractivity contribution in [1.82, 2.24) is 5.27 Å². The van der Waals surface area contributed by atoms with Crippen LogP contribution in [0.1, 0.15) is 12.0 Å². The minimum absolute atomic E-state index is 0.103. The van der Waals surface area contributed by atoms with Gasteiger partial charge in [-0.25, -0.2) is 0 Å². The standard InChI is InChI=1S/C18H17N3O3S/c1-13-6-5-7-14(12-13)19-16(22)10-11-25-17-18(23)24-20-21(17)15-8-3-2-4-9-15/h2-9,12H,10-11H2,1H3,(H-,19,20,22,23). The van der Waals surface area contributed by atoms with Crippen LogP contribution in [0.25, 0.3) is 5.69 Å².